The summed E-state index contributed by atoms with van der Waals surface area (Å²) in [6, 6.07) is 1.26. The number of halogens is 1. The van der Waals surface area contributed by atoms with E-state index in [4.69, 9.17) is 5.73 Å². The third-order valence-corrected chi connectivity index (χ3v) is 5.86. The number of hydrogen-bond donors (Lipinski definition) is 2. The molecule has 138 valence electrons. The summed E-state index contributed by atoms with van der Waals surface area (Å²) in [5.74, 6) is -1.13. The van der Waals surface area contributed by atoms with Gasteiger partial charge in [0, 0.05) is 29.1 Å². The maximum atomic E-state index is 15.3. The Morgan fingerprint density at radius 3 is 2.93 bits per heavy atom. The number of primary amides is 1. The van der Waals surface area contributed by atoms with Crippen LogP contribution in [0.4, 0.5) is 4.39 Å². The van der Waals surface area contributed by atoms with Crippen molar-refractivity contribution in [3.8, 4) is 6.19 Å². The first-order valence-electron chi connectivity index (χ1n) is 9.06. The molecule has 27 heavy (non-hydrogen) atoms. The van der Waals surface area contributed by atoms with Gasteiger partial charge >= 0.3 is 0 Å². The number of nitrogens with zero attached hydrogens (tertiary/aromatic N) is 2. The van der Waals surface area contributed by atoms with Crippen molar-refractivity contribution in [1.29, 1.82) is 5.26 Å². The quantitative estimate of drug-likeness (QED) is 0.799. The number of fused-ring (bicyclic) bond motifs is 1. The molecule has 1 aliphatic heterocycles. The van der Waals surface area contributed by atoms with Crippen LogP contribution in [0, 0.1) is 31.1 Å². The summed E-state index contributed by atoms with van der Waals surface area (Å²) < 4.78 is 15.3. The molecule has 1 atom stereocenters. The second kappa shape index (κ2) is 6.27. The van der Waals surface area contributed by atoms with Gasteiger partial charge in [-0.15, -0.1) is 0 Å². The van der Waals surface area contributed by atoms with E-state index in [9.17, 15) is 10.1 Å². The molecule has 0 radical (unpaired) electrons. The molecule has 1 aliphatic carbocycles. The standard InChI is InChI=1S/C21H21FN4O/c1-11-12(2)25-20-16(21(24)27)8-17(22)19(18(11)20)15-5-3-4-13-9-26(10-23)7-6-14(13)15/h3-4,8,15,25H,5-7,9H2,1-2H3,(H2,24,27). The lowest BCUT2D eigenvalue weighted by molar-refractivity contribution is 0.100. The Labute approximate surface area is 156 Å². The zero-order valence-electron chi connectivity index (χ0n) is 15.4. The van der Waals surface area contributed by atoms with Gasteiger partial charge < -0.3 is 15.6 Å². The summed E-state index contributed by atoms with van der Waals surface area (Å²) in [7, 11) is 0. The first kappa shape index (κ1) is 17.3. The van der Waals surface area contributed by atoms with E-state index in [0.717, 1.165) is 28.6 Å². The van der Waals surface area contributed by atoms with Gasteiger partial charge in [-0.3, -0.25) is 4.79 Å². The zero-order chi connectivity index (χ0) is 19.3. The number of hydrogen-bond acceptors (Lipinski definition) is 3. The Bertz CT molecular complexity index is 1070. The molecule has 1 unspecified atom stereocenters. The van der Waals surface area contributed by atoms with Crippen molar-refractivity contribution in [2.75, 3.05) is 13.1 Å². The van der Waals surface area contributed by atoms with Gasteiger partial charge in [0.1, 0.15) is 5.82 Å². The Balaban J connectivity index is 1.95. The molecule has 1 amide bonds. The van der Waals surface area contributed by atoms with E-state index >= 15 is 4.39 Å². The summed E-state index contributed by atoms with van der Waals surface area (Å²) in [5, 5.41) is 9.95. The van der Waals surface area contributed by atoms with Crippen LogP contribution in [0.15, 0.2) is 29.4 Å². The molecule has 6 heteroatoms. The number of aromatic nitrogens is 1. The second-order valence-electron chi connectivity index (χ2n) is 7.32. The number of aromatic amines is 1. The fourth-order valence-electron chi connectivity index (χ4n) is 4.41. The zero-order valence-corrected chi connectivity index (χ0v) is 15.4. The van der Waals surface area contributed by atoms with Crippen LogP contribution in [-0.4, -0.2) is 28.9 Å². The number of carbonyl (C=O) groups excluding carboxylic acids is 1. The molecule has 3 N–H and O–H groups in total. The molecule has 4 rings (SSSR count). The number of allylic oxidation sites excluding steroid dienone is 1. The molecule has 2 aliphatic rings. The highest BCUT2D eigenvalue weighted by atomic mass is 19.1. The van der Waals surface area contributed by atoms with Crippen LogP contribution in [-0.2, 0) is 0 Å². The average molecular weight is 364 g/mol. The fourth-order valence-corrected chi connectivity index (χ4v) is 4.41. The Morgan fingerprint density at radius 2 is 2.22 bits per heavy atom. The molecule has 0 bridgehead atoms. The van der Waals surface area contributed by atoms with Crippen molar-refractivity contribution in [2.24, 2.45) is 5.73 Å². The maximum absolute atomic E-state index is 15.3. The number of nitrogens with one attached hydrogen (secondary N) is 1. The number of rotatable bonds is 2. The van der Waals surface area contributed by atoms with Crippen LogP contribution in [0.5, 0.6) is 0 Å². The van der Waals surface area contributed by atoms with Gasteiger partial charge in [-0.2, -0.15) is 5.26 Å². The molecule has 0 fully saturated rings. The van der Waals surface area contributed by atoms with E-state index in [-0.39, 0.29) is 11.5 Å². The lowest BCUT2D eigenvalue weighted by Crippen LogP contribution is -2.30. The van der Waals surface area contributed by atoms with Crippen LogP contribution in [0.3, 0.4) is 0 Å². The van der Waals surface area contributed by atoms with Gasteiger partial charge in [-0.1, -0.05) is 17.7 Å². The van der Waals surface area contributed by atoms with Crippen molar-refractivity contribution in [2.45, 2.75) is 32.6 Å². The average Bonchev–Trinajstić information content (AvgIpc) is 2.95. The molecule has 1 aromatic carbocycles. The SMILES string of the molecule is Cc1[nH]c2c(C(N)=O)cc(F)c(C3CC=CC4=C3CCN(C#N)C4)c2c1C. The molecule has 1 aromatic heterocycles. The van der Waals surface area contributed by atoms with Gasteiger partial charge in [0.15, 0.2) is 6.19 Å². The maximum Gasteiger partial charge on any atom is 0.250 e. The lowest BCUT2D eigenvalue weighted by atomic mass is 9.77. The van der Waals surface area contributed by atoms with Gasteiger partial charge in [0.25, 0.3) is 5.91 Å². The number of H-pyrrole nitrogens is 1. The Kier molecular flexibility index (Phi) is 4.03. The first-order chi connectivity index (χ1) is 12.9. The molecule has 2 aromatic rings. The van der Waals surface area contributed by atoms with E-state index in [1.165, 1.54) is 11.6 Å². The predicted molar refractivity (Wildman–Crippen MR) is 102 cm³/mol. The number of nitrogens with two attached hydrogens (primary N) is 1. The van der Waals surface area contributed by atoms with Gasteiger partial charge in [-0.05, 0) is 43.9 Å². The normalized spacial score (nSPS) is 19.3. The summed E-state index contributed by atoms with van der Waals surface area (Å²) in [4.78, 5) is 16.8. The minimum Gasteiger partial charge on any atom is -0.366 e. The van der Waals surface area contributed by atoms with Crippen molar-refractivity contribution < 1.29 is 9.18 Å². The predicted octanol–water partition coefficient (Wildman–Crippen LogP) is 3.55. The summed E-state index contributed by atoms with van der Waals surface area (Å²) in [6.07, 6.45) is 7.74. The third-order valence-electron chi connectivity index (χ3n) is 5.86. The van der Waals surface area contributed by atoms with Crippen LogP contribution in [0.2, 0.25) is 0 Å². The van der Waals surface area contributed by atoms with Crippen molar-refractivity contribution in [3.63, 3.8) is 0 Å². The van der Waals surface area contributed by atoms with Gasteiger partial charge in [0.2, 0.25) is 0 Å². The van der Waals surface area contributed by atoms with Crippen LogP contribution < -0.4 is 5.73 Å². The number of carbonyl (C=O) groups is 1. The molecule has 0 saturated heterocycles. The number of nitriles is 1. The second-order valence-corrected chi connectivity index (χ2v) is 7.32. The highest BCUT2D eigenvalue weighted by Crippen LogP contribution is 2.44. The topological polar surface area (TPSA) is 85.9 Å². The molecule has 2 heterocycles. The number of amides is 1. The van der Waals surface area contributed by atoms with Crippen molar-refractivity contribution in [1.82, 2.24) is 9.88 Å². The van der Waals surface area contributed by atoms with E-state index in [1.54, 1.807) is 4.90 Å². The largest absolute Gasteiger partial charge is 0.366 e. The minimum atomic E-state index is -0.641. The number of aryl methyl sites for hydroxylation is 2. The highest BCUT2D eigenvalue weighted by Gasteiger charge is 2.31. The molecular formula is C21H21FN4O. The van der Waals surface area contributed by atoms with Crippen molar-refractivity contribution >= 4 is 16.8 Å². The number of benzene rings is 1. The highest BCUT2D eigenvalue weighted by molar-refractivity contribution is 6.07. The molecule has 0 spiro atoms. The van der Waals surface area contributed by atoms with E-state index in [0.29, 0.717) is 30.6 Å². The van der Waals surface area contributed by atoms with E-state index < -0.39 is 11.7 Å². The molecule has 5 nitrogen and oxygen atoms in total. The van der Waals surface area contributed by atoms with Gasteiger partial charge in [0.05, 0.1) is 17.6 Å². The summed E-state index contributed by atoms with van der Waals surface area (Å²) >= 11 is 0. The molecule has 0 saturated carbocycles. The Morgan fingerprint density at radius 1 is 1.44 bits per heavy atom. The van der Waals surface area contributed by atoms with Crippen molar-refractivity contribution in [3.05, 3.63) is 57.6 Å². The van der Waals surface area contributed by atoms with Crippen LogP contribution in [0.1, 0.15) is 45.9 Å². The minimum absolute atomic E-state index is 0.0934. The van der Waals surface area contributed by atoms with Crippen LogP contribution in [0.25, 0.3) is 10.9 Å². The van der Waals surface area contributed by atoms with E-state index in [1.807, 2.05) is 19.9 Å². The smallest absolute Gasteiger partial charge is 0.250 e. The Hall–Kier alpha value is -3.07. The summed E-state index contributed by atoms with van der Waals surface area (Å²) in [5.41, 5.74) is 11.0. The van der Waals surface area contributed by atoms with E-state index in [2.05, 4.69) is 17.3 Å². The summed E-state index contributed by atoms with van der Waals surface area (Å²) in [6.45, 7) is 5.07. The van der Waals surface area contributed by atoms with Crippen LogP contribution >= 0.6 is 0 Å². The van der Waals surface area contributed by atoms with Gasteiger partial charge in [-0.25, -0.2) is 4.39 Å². The third kappa shape index (κ3) is 2.62. The lowest BCUT2D eigenvalue weighted by Gasteiger charge is -2.33. The monoisotopic (exact) mass is 364 g/mol. The first-order valence-corrected chi connectivity index (χ1v) is 9.06. The molecular weight excluding hydrogens is 343 g/mol. The fraction of sp³-hybridized carbons (Fsp3) is 0.333.